The van der Waals surface area contributed by atoms with E-state index in [1.807, 2.05) is 13.8 Å². The Hall–Kier alpha value is -0.220. The fraction of sp³-hybridized carbons (Fsp3) is 1.00. The van der Waals surface area contributed by atoms with E-state index in [0.717, 1.165) is 0 Å². The van der Waals surface area contributed by atoms with Crippen LogP contribution in [-0.2, 0) is 4.74 Å². The molecule has 1 unspecified atom stereocenters. The maximum atomic E-state index is 11.9. The molecule has 4 heteroatoms. The summed E-state index contributed by atoms with van der Waals surface area (Å²) >= 11 is 0. The van der Waals surface area contributed by atoms with Crippen molar-refractivity contribution in [3.63, 3.8) is 0 Å². The first-order valence-electron chi connectivity index (χ1n) is 3.98. The summed E-state index contributed by atoms with van der Waals surface area (Å²) in [6.07, 6.45) is -1.59. The Labute approximate surface area is 72.1 Å². The Morgan fingerprint density at radius 3 is 2.25 bits per heavy atom. The molecule has 0 saturated carbocycles. The van der Waals surface area contributed by atoms with Crippen LogP contribution >= 0.6 is 0 Å². The number of alkyl halides is 2. The molecule has 0 spiro atoms. The molecule has 0 aromatic carbocycles. The van der Waals surface area contributed by atoms with Gasteiger partial charge in [-0.3, -0.25) is 0 Å². The molecule has 0 aromatic rings. The Morgan fingerprint density at radius 1 is 1.42 bits per heavy atom. The van der Waals surface area contributed by atoms with Crippen LogP contribution in [0.15, 0.2) is 0 Å². The van der Waals surface area contributed by atoms with Gasteiger partial charge in [0.25, 0.3) is 6.43 Å². The molecule has 12 heavy (non-hydrogen) atoms. The highest BCUT2D eigenvalue weighted by molar-refractivity contribution is 4.73. The smallest absolute Gasteiger partial charge is 0.253 e. The lowest BCUT2D eigenvalue weighted by molar-refractivity contribution is 0.00649. The zero-order chi connectivity index (χ0) is 9.78. The molecule has 0 rings (SSSR count). The van der Waals surface area contributed by atoms with Gasteiger partial charge in [-0.05, 0) is 26.7 Å². The molecule has 1 atom stereocenters. The first kappa shape index (κ1) is 11.8. The molecule has 0 fully saturated rings. The maximum Gasteiger partial charge on any atom is 0.253 e. The number of methoxy groups -OCH3 is 1. The summed E-state index contributed by atoms with van der Waals surface area (Å²) in [5, 5.41) is 0. The van der Waals surface area contributed by atoms with Gasteiger partial charge in [0.15, 0.2) is 0 Å². The van der Waals surface area contributed by atoms with Crippen molar-refractivity contribution >= 4 is 0 Å². The van der Waals surface area contributed by atoms with Crippen molar-refractivity contribution in [1.29, 1.82) is 0 Å². The van der Waals surface area contributed by atoms with Gasteiger partial charge in [-0.1, -0.05) is 0 Å². The second kappa shape index (κ2) is 4.72. The Kier molecular flexibility index (Phi) is 4.63. The van der Waals surface area contributed by atoms with Crippen molar-refractivity contribution < 1.29 is 13.5 Å². The van der Waals surface area contributed by atoms with Gasteiger partial charge < -0.3 is 10.5 Å². The first-order chi connectivity index (χ1) is 5.39. The molecule has 0 aliphatic carbocycles. The number of hydrogen-bond donors (Lipinski definition) is 1. The standard InChI is InChI=1S/C8H17F2NO/c1-8(2,12-3)5-4-6(11)7(9)10/h6-7H,4-5,11H2,1-3H3. The highest BCUT2D eigenvalue weighted by Crippen LogP contribution is 2.17. The molecule has 2 nitrogen and oxygen atoms in total. The van der Waals surface area contributed by atoms with Crippen LogP contribution < -0.4 is 5.73 Å². The van der Waals surface area contributed by atoms with E-state index in [-0.39, 0.29) is 5.60 Å². The van der Waals surface area contributed by atoms with Gasteiger partial charge in [-0.15, -0.1) is 0 Å². The van der Waals surface area contributed by atoms with Gasteiger partial charge >= 0.3 is 0 Å². The molecule has 0 aliphatic heterocycles. The largest absolute Gasteiger partial charge is 0.379 e. The quantitative estimate of drug-likeness (QED) is 0.701. The third-order valence-electron chi connectivity index (χ3n) is 1.96. The lowest BCUT2D eigenvalue weighted by atomic mass is 9.99. The summed E-state index contributed by atoms with van der Waals surface area (Å²) < 4.78 is 29.0. The van der Waals surface area contributed by atoms with Crippen LogP contribution in [0.25, 0.3) is 0 Å². The molecule has 0 amide bonds. The predicted molar refractivity (Wildman–Crippen MR) is 44.3 cm³/mol. The van der Waals surface area contributed by atoms with Crippen molar-refractivity contribution in [1.82, 2.24) is 0 Å². The topological polar surface area (TPSA) is 35.2 Å². The summed E-state index contributed by atoms with van der Waals surface area (Å²) in [6.45, 7) is 3.70. The van der Waals surface area contributed by atoms with Crippen LogP contribution in [0.5, 0.6) is 0 Å². The van der Waals surface area contributed by atoms with E-state index in [1.165, 1.54) is 0 Å². The number of halogens is 2. The zero-order valence-corrected chi connectivity index (χ0v) is 7.81. The summed E-state index contributed by atoms with van der Waals surface area (Å²) in [6, 6.07) is -1.03. The Bertz CT molecular complexity index is 128. The molecule has 74 valence electrons. The van der Waals surface area contributed by atoms with E-state index in [1.54, 1.807) is 7.11 Å². The minimum atomic E-state index is -2.43. The summed E-state index contributed by atoms with van der Waals surface area (Å²) in [5.74, 6) is 0. The van der Waals surface area contributed by atoms with Crippen LogP contribution in [0.3, 0.4) is 0 Å². The van der Waals surface area contributed by atoms with Crippen LogP contribution in [0.4, 0.5) is 8.78 Å². The summed E-state index contributed by atoms with van der Waals surface area (Å²) in [4.78, 5) is 0. The second-order valence-electron chi connectivity index (χ2n) is 3.50. The molecule has 0 bridgehead atoms. The fourth-order valence-electron chi connectivity index (χ4n) is 0.742. The van der Waals surface area contributed by atoms with E-state index in [9.17, 15) is 8.78 Å². The number of hydrogen-bond acceptors (Lipinski definition) is 2. The number of nitrogens with two attached hydrogens (primary N) is 1. The van der Waals surface area contributed by atoms with Crippen LogP contribution in [0.1, 0.15) is 26.7 Å². The average Bonchev–Trinajstić information content (AvgIpc) is 2.00. The minimum absolute atomic E-state index is 0.290. The monoisotopic (exact) mass is 181 g/mol. The van der Waals surface area contributed by atoms with Crippen LogP contribution in [0, 0.1) is 0 Å². The Balaban J connectivity index is 3.67. The van der Waals surface area contributed by atoms with E-state index >= 15 is 0 Å². The van der Waals surface area contributed by atoms with Crippen molar-refractivity contribution in [2.24, 2.45) is 5.73 Å². The molecule has 0 heterocycles. The summed E-state index contributed by atoms with van der Waals surface area (Å²) in [5.41, 5.74) is 4.82. The van der Waals surface area contributed by atoms with Gasteiger partial charge in [-0.2, -0.15) is 0 Å². The number of rotatable bonds is 5. The van der Waals surface area contributed by atoms with Crippen molar-refractivity contribution in [2.75, 3.05) is 7.11 Å². The number of ether oxygens (including phenoxy) is 1. The van der Waals surface area contributed by atoms with Gasteiger partial charge in [0.2, 0.25) is 0 Å². The fourth-order valence-corrected chi connectivity index (χ4v) is 0.742. The van der Waals surface area contributed by atoms with Gasteiger partial charge in [0.05, 0.1) is 11.6 Å². The molecule has 0 aliphatic rings. The highest BCUT2D eigenvalue weighted by Gasteiger charge is 2.21. The van der Waals surface area contributed by atoms with Gasteiger partial charge in [0, 0.05) is 7.11 Å². The molecule has 2 N–H and O–H groups in total. The SMILES string of the molecule is COC(C)(C)CCC(N)C(F)F. The van der Waals surface area contributed by atoms with Gasteiger partial charge in [-0.25, -0.2) is 8.78 Å². The molecule has 0 radical (unpaired) electrons. The normalized spacial score (nSPS) is 15.2. The van der Waals surface area contributed by atoms with Crippen LogP contribution in [-0.4, -0.2) is 25.2 Å². The van der Waals surface area contributed by atoms with E-state index in [2.05, 4.69) is 0 Å². The van der Waals surface area contributed by atoms with E-state index in [0.29, 0.717) is 12.8 Å². The molecule has 0 aromatic heterocycles. The Morgan fingerprint density at radius 2 is 1.92 bits per heavy atom. The lowest BCUT2D eigenvalue weighted by Gasteiger charge is -2.24. The lowest BCUT2D eigenvalue weighted by Crippen LogP contribution is -2.32. The van der Waals surface area contributed by atoms with Crippen molar-refractivity contribution in [3.8, 4) is 0 Å². The average molecular weight is 181 g/mol. The van der Waals surface area contributed by atoms with Crippen LogP contribution in [0.2, 0.25) is 0 Å². The third-order valence-corrected chi connectivity index (χ3v) is 1.96. The van der Waals surface area contributed by atoms with Crippen molar-refractivity contribution in [3.05, 3.63) is 0 Å². The minimum Gasteiger partial charge on any atom is -0.379 e. The molecular weight excluding hydrogens is 164 g/mol. The maximum absolute atomic E-state index is 11.9. The highest BCUT2D eigenvalue weighted by atomic mass is 19.3. The van der Waals surface area contributed by atoms with Gasteiger partial charge in [0.1, 0.15) is 0 Å². The first-order valence-corrected chi connectivity index (χ1v) is 3.98. The second-order valence-corrected chi connectivity index (χ2v) is 3.50. The molecule has 0 saturated heterocycles. The van der Waals surface area contributed by atoms with E-state index in [4.69, 9.17) is 10.5 Å². The summed E-state index contributed by atoms with van der Waals surface area (Å²) in [7, 11) is 1.56. The van der Waals surface area contributed by atoms with Crippen molar-refractivity contribution in [2.45, 2.75) is 44.8 Å². The predicted octanol–water partition coefficient (Wildman–Crippen LogP) is 1.78. The molecular formula is C8H17F2NO. The van der Waals surface area contributed by atoms with E-state index < -0.39 is 12.5 Å². The zero-order valence-electron chi connectivity index (χ0n) is 7.81. The third kappa shape index (κ3) is 4.62.